The van der Waals surface area contributed by atoms with E-state index in [1.807, 2.05) is 6.08 Å². The van der Waals surface area contributed by atoms with Crippen LogP contribution in [0.25, 0.3) is 0 Å². The van der Waals surface area contributed by atoms with Crippen molar-refractivity contribution in [2.45, 2.75) is 392 Å². The van der Waals surface area contributed by atoms with E-state index in [0.717, 1.165) is 44.9 Å². The van der Waals surface area contributed by atoms with Gasteiger partial charge in [0.15, 0.2) is 0 Å². The number of esters is 1. The highest BCUT2D eigenvalue weighted by Crippen LogP contribution is 2.18. The third kappa shape index (κ3) is 63.1. The van der Waals surface area contributed by atoms with Gasteiger partial charge in [0.25, 0.3) is 0 Å². The number of carbonyl (C=O) groups is 2. The van der Waals surface area contributed by atoms with Crippen LogP contribution in [0.2, 0.25) is 0 Å². The minimum atomic E-state index is -0.847. The van der Waals surface area contributed by atoms with Gasteiger partial charge >= 0.3 is 5.97 Å². The second-order valence-corrected chi connectivity index (χ2v) is 23.9. The molecule has 3 N–H and O–H groups in total. The third-order valence-corrected chi connectivity index (χ3v) is 16.1. The van der Waals surface area contributed by atoms with Gasteiger partial charge < -0.3 is 20.3 Å². The van der Waals surface area contributed by atoms with E-state index in [1.165, 1.54) is 308 Å². The van der Waals surface area contributed by atoms with Crippen molar-refractivity contribution in [1.82, 2.24) is 5.32 Å². The number of carbonyl (C=O) groups excluding carboxylic acids is 2. The number of hydrogen-bond donors (Lipinski definition) is 3. The van der Waals surface area contributed by atoms with E-state index >= 15 is 0 Å². The molecule has 454 valence electrons. The molecule has 0 aliphatic carbocycles. The quantitative estimate of drug-likeness (QED) is 0.0320. The van der Waals surface area contributed by atoms with E-state index in [0.29, 0.717) is 19.4 Å². The van der Waals surface area contributed by atoms with Crippen LogP contribution in [0.3, 0.4) is 0 Å². The number of amides is 1. The number of ether oxygens (including phenoxy) is 1. The number of unbranched alkanes of at least 4 members (excludes halogenated alkanes) is 50. The molecule has 77 heavy (non-hydrogen) atoms. The van der Waals surface area contributed by atoms with Crippen LogP contribution >= 0.6 is 0 Å². The van der Waals surface area contributed by atoms with Crippen LogP contribution in [-0.4, -0.2) is 47.4 Å². The van der Waals surface area contributed by atoms with Crippen molar-refractivity contribution in [2.24, 2.45) is 0 Å². The summed E-state index contributed by atoms with van der Waals surface area (Å²) in [7, 11) is 0. The first-order chi connectivity index (χ1) is 38.0. The van der Waals surface area contributed by atoms with Gasteiger partial charge in [-0.05, 0) is 83.5 Å². The molecule has 0 bridgehead atoms. The molecule has 0 fully saturated rings. The summed E-state index contributed by atoms with van der Waals surface area (Å²) >= 11 is 0. The lowest BCUT2D eigenvalue weighted by Crippen LogP contribution is -2.45. The van der Waals surface area contributed by atoms with E-state index in [4.69, 9.17) is 4.74 Å². The molecular weight excluding hydrogens is 947 g/mol. The van der Waals surface area contributed by atoms with Crippen LogP contribution in [-0.2, 0) is 14.3 Å². The van der Waals surface area contributed by atoms with Crippen LogP contribution in [0.1, 0.15) is 380 Å². The van der Waals surface area contributed by atoms with E-state index < -0.39 is 12.1 Å². The van der Waals surface area contributed by atoms with E-state index in [-0.39, 0.29) is 18.5 Å². The molecule has 0 aromatic rings. The summed E-state index contributed by atoms with van der Waals surface area (Å²) < 4.78 is 5.47. The van der Waals surface area contributed by atoms with Crippen molar-refractivity contribution >= 4 is 11.9 Å². The van der Waals surface area contributed by atoms with Gasteiger partial charge in [0.2, 0.25) is 5.91 Å². The molecule has 0 aromatic carbocycles. The molecule has 0 aromatic heterocycles. The molecule has 0 heterocycles. The number of rotatable bonds is 65. The number of aliphatic hydroxyl groups excluding tert-OH is 2. The molecule has 0 aliphatic rings. The summed E-state index contributed by atoms with van der Waals surface area (Å²) in [6.45, 7) is 4.91. The Labute approximate surface area is 481 Å². The van der Waals surface area contributed by atoms with Gasteiger partial charge in [-0.15, -0.1) is 0 Å². The zero-order chi connectivity index (χ0) is 55.7. The number of aliphatic hydroxyl groups is 2. The fourth-order valence-corrected chi connectivity index (χ4v) is 10.8. The molecule has 6 nitrogen and oxygen atoms in total. The minimum absolute atomic E-state index is 0.00411. The Balaban J connectivity index is 3.43. The summed E-state index contributed by atoms with van der Waals surface area (Å²) in [5, 5.41) is 23.3. The Kier molecular flexibility index (Phi) is 64.9. The van der Waals surface area contributed by atoms with Gasteiger partial charge in [0.05, 0.1) is 25.4 Å². The van der Waals surface area contributed by atoms with E-state index in [1.54, 1.807) is 6.08 Å². The van der Waals surface area contributed by atoms with Gasteiger partial charge in [0.1, 0.15) is 0 Å². The molecule has 0 saturated carbocycles. The summed E-state index contributed by atoms with van der Waals surface area (Å²) in [6.07, 6.45) is 85.0. The Morgan fingerprint density at radius 2 is 0.610 bits per heavy atom. The molecule has 0 saturated heterocycles. The van der Waals surface area contributed by atoms with Crippen LogP contribution in [0, 0.1) is 0 Å². The average molecular weight is 1080 g/mol. The molecule has 0 rings (SSSR count). The standard InChI is InChI=1S/C71H135NO5/c1-3-5-7-9-11-13-15-17-18-19-20-21-28-31-34-37-40-43-47-51-55-59-63-69(74)68(67-73)72-70(75)64-60-56-52-48-44-41-38-35-32-29-26-24-22-23-25-27-30-33-36-39-42-46-50-54-58-62-66-77-71(76)65-61-57-53-49-45-16-14-12-10-8-6-4-2/h12,14,22,24,59,63,68-69,73-74H,3-11,13,15-21,23,25-58,60-62,64-67H2,1-2H3,(H,72,75)/b14-12-,24-22-,63-59+. The third-order valence-electron chi connectivity index (χ3n) is 16.1. The number of nitrogens with one attached hydrogen (secondary N) is 1. The van der Waals surface area contributed by atoms with Crippen molar-refractivity contribution in [3.8, 4) is 0 Å². The summed E-state index contributed by atoms with van der Waals surface area (Å²) in [6, 6.07) is -0.631. The minimum Gasteiger partial charge on any atom is -0.466 e. The second kappa shape index (κ2) is 66.6. The Bertz CT molecular complexity index is 1250. The molecule has 1 amide bonds. The highest BCUT2D eigenvalue weighted by Gasteiger charge is 2.18. The zero-order valence-corrected chi connectivity index (χ0v) is 52.0. The molecule has 6 heteroatoms. The maximum absolute atomic E-state index is 12.5. The topological polar surface area (TPSA) is 95.9 Å². The zero-order valence-electron chi connectivity index (χ0n) is 52.0. The first-order valence-electron chi connectivity index (χ1n) is 34.8. The van der Waals surface area contributed by atoms with Crippen molar-refractivity contribution in [2.75, 3.05) is 13.2 Å². The van der Waals surface area contributed by atoms with Crippen molar-refractivity contribution < 1.29 is 24.5 Å². The molecule has 0 aliphatic heterocycles. The fourth-order valence-electron chi connectivity index (χ4n) is 10.8. The van der Waals surface area contributed by atoms with Gasteiger partial charge in [-0.25, -0.2) is 0 Å². The lowest BCUT2D eigenvalue weighted by atomic mass is 10.0. The molecular formula is C71H135NO5. The maximum atomic E-state index is 12.5. The molecule has 0 spiro atoms. The Morgan fingerprint density at radius 1 is 0.351 bits per heavy atom. The molecule has 2 unspecified atom stereocenters. The lowest BCUT2D eigenvalue weighted by Gasteiger charge is -2.20. The smallest absolute Gasteiger partial charge is 0.305 e. The van der Waals surface area contributed by atoms with Crippen LogP contribution in [0.15, 0.2) is 36.5 Å². The summed E-state index contributed by atoms with van der Waals surface area (Å²) in [5.74, 6) is -0.0622. The van der Waals surface area contributed by atoms with Gasteiger partial charge in [-0.1, -0.05) is 320 Å². The predicted octanol–water partition coefficient (Wildman–Crippen LogP) is 22.3. The summed E-state index contributed by atoms with van der Waals surface area (Å²) in [5.41, 5.74) is 0. The van der Waals surface area contributed by atoms with Crippen molar-refractivity contribution in [3.05, 3.63) is 36.5 Å². The highest BCUT2D eigenvalue weighted by atomic mass is 16.5. The lowest BCUT2D eigenvalue weighted by molar-refractivity contribution is -0.143. The van der Waals surface area contributed by atoms with Crippen LogP contribution < -0.4 is 5.32 Å². The van der Waals surface area contributed by atoms with Crippen LogP contribution in [0.4, 0.5) is 0 Å². The number of allylic oxidation sites excluding steroid dienone is 5. The number of hydrogen-bond acceptors (Lipinski definition) is 5. The maximum Gasteiger partial charge on any atom is 0.305 e. The first-order valence-corrected chi connectivity index (χ1v) is 34.8. The second-order valence-electron chi connectivity index (χ2n) is 23.9. The van der Waals surface area contributed by atoms with Gasteiger partial charge in [-0.3, -0.25) is 9.59 Å². The van der Waals surface area contributed by atoms with E-state index in [2.05, 4.69) is 43.5 Å². The molecule has 2 atom stereocenters. The van der Waals surface area contributed by atoms with Crippen molar-refractivity contribution in [1.29, 1.82) is 0 Å². The highest BCUT2D eigenvalue weighted by molar-refractivity contribution is 5.76. The largest absolute Gasteiger partial charge is 0.466 e. The fraction of sp³-hybridized carbons (Fsp3) is 0.887. The van der Waals surface area contributed by atoms with E-state index in [9.17, 15) is 19.8 Å². The average Bonchev–Trinajstić information content (AvgIpc) is 3.43. The van der Waals surface area contributed by atoms with Crippen LogP contribution in [0.5, 0.6) is 0 Å². The SMILES string of the molecule is CCCCC/C=C\CCCCCCCC(=O)OCCCCCCCCCCCCCC/C=C\CCCCCCCCCCCCC(=O)NC(CO)C(O)/C=C/CCCCCCCCCCCCCCCCCCCCCC. The molecule has 0 radical (unpaired) electrons. The predicted molar refractivity (Wildman–Crippen MR) is 338 cm³/mol. The van der Waals surface area contributed by atoms with Gasteiger partial charge in [-0.2, -0.15) is 0 Å². The Hall–Kier alpha value is -1.92. The Morgan fingerprint density at radius 3 is 0.948 bits per heavy atom. The monoisotopic (exact) mass is 1080 g/mol. The summed E-state index contributed by atoms with van der Waals surface area (Å²) in [4.78, 5) is 24.5. The first kappa shape index (κ1) is 75.1. The normalized spacial score (nSPS) is 12.7. The van der Waals surface area contributed by atoms with Gasteiger partial charge in [0, 0.05) is 12.8 Å². The van der Waals surface area contributed by atoms with Crippen molar-refractivity contribution in [3.63, 3.8) is 0 Å².